The van der Waals surface area contributed by atoms with Gasteiger partial charge >= 0.3 is 0 Å². The number of thioether (sulfide) groups is 1. The minimum absolute atomic E-state index is 0.228. The van der Waals surface area contributed by atoms with Crippen LogP contribution in [0.5, 0.6) is 0 Å². The number of benzene rings is 1. The zero-order chi connectivity index (χ0) is 15.9. The van der Waals surface area contributed by atoms with Crippen molar-refractivity contribution in [2.24, 2.45) is 5.92 Å². The first-order valence-electron chi connectivity index (χ1n) is 7.65. The third-order valence-electron chi connectivity index (χ3n) is 3.56. The smallest absolute Gasteiger partial charge is 0.117 e. The first kappa shape index (κ1) is 18.0. The SMILES string of the molecule is CC.CSCC1CCN(Sc2ccc3ncsc3c2)C[C@@H]1F. The maximum absolute atomic E-state index is 14.1. The number of hydrogen-bond donors (Lipinski definition) is 0. The summed E-state index contributed by atoms with van der Waals surface area (Å²) in [5.74, 6) is 1.16. The van der Waals surface area contributed by atoms with Crippen LogP contribution in [0.4, 0.5) is 4.39 Å². The van der Waals surface area contributed by atoms with Gasteiger partial charge in [-0.1, -0.05) is 13.8 Å². The largest absolute Gasteiger partial charge is 0.246 e. The fraction of sp³-hybridized carbons (Fsp3) is 0.562. The van der Waals surface area contributed by atoms with E-state index in [1.165, 1.54) is 9.60 Å². The first-order chi connectivity index (χ1) is 10.8. The fourth-order valence-electron chi connectivity index (χ4n) is 2.45. The Labute approximate surface area is 145 Å². The summed E-state index contributed by atoms with van der Waals surface area (Å²) in [7, 11) is 0. The van der Waals surface area contributed by atoms with Crippen molar-refractivity contribution < 1.29 is 4.39 Å². The van der Waals surface area contributed by atoms with E-state index in [2.05, 4.69) is 27.7 Å². The molecule has 6 heteroatoms. The van der Waals surface area contributed by atoms with E-state index in [9.17, 15) is 4.39 Å². The molecule has 1 aliphatic heterocycles. The molecular formula is C16H23FN2S3. The molecule has 1 saturated heterocycles. The molecule has 1 aromatic heterocycles. The normalized spacial score (nSPS) is 22.4. The molecule has 0 bridgehead atoms. The molecule has 3 rings (SSSR count). The van der Waals surface area contributed by atoms with Crippen molar-refractivity contribution in [2.45, 2.75) is 31.3 Å². The van der Waals surface area contributed by atoms with E-state index in [1.54, 1.807) is 35.0 Å². The van der Waals surface area contributed by atoms with Gasteiger partial charge in [0.15, 0.2) is 0 Å². The maximum Gasteiger partial charge on any atom is 0.117 e. The molecule has 2 heterocycles. The van der Waals surface area contributed by atoms with Gasteiger partial charge in [0.05, 0.1) is 15.7 Å². The van der Waals surface area contributed by atoms with Crippen LogP contribution in [0.2, 0.25) is 0 Å². The Bertz CT molecular complexity index is 575. The standard InChI is InChI=1S/C14H17FN2S3.C2H6/c1-18-8-10-4-5-17(7-12(10)15)20-11-2-3-13-14(6-11)19-9-16-13;1-2/h2-3,6,9-10,12H,4-5,7-8H2,1H3;1-2H3/t10?,12-;/m0./s1. The Kier molecular flexibility index (Phi) is 7.47. The Hall–Kier alpha value is -0.300. The van der Waals surface area contributed by atoms with Crippen molar-refractivity contribution in [1.29, 1.82) is 0 Å². The predicted molar refractivity (Wildman–Crippen MR) is 99.8 cm³/mol. The summed E-state index contributed by atoms with van der Waals surface area (Å²) in [5, 5.41) is 0. The number of hydrogen-bond acceptors (Lipinski definition) is 5. The van der Waals surface area contributed by atoms with Crippen LogP contribution in [0.15, 0.2) is 28.6 Å². The average Bonchev–Trinajstić information content (AvgIpc) is 3.00. The van der Waals surface area contributed by atoms with Crippen molar-refractivity contribution in [3.8, 4) is 0 Å². The lowest BCUT2D eigenvalue weighted by Gasteiger charge is -2.33. The number of rotatable bonds is 4. The molecule has 2 atom stereocenters. The average molecular weight is 359 g/mol. The van der Waals surface area contributed by atoms with E-state index in [4.69, 9.17) is 0 Å². The van der Waals surface area contributed by atoms with Crippen molar-refractivity contribution in [1.82, 2.24) is 9.29 Å². The van der Waals surface area contributed by atoms with Crippen LogP contribution in [0, 0.1) is 5.92 Å². The molecule has 2 aromatic rings. The summed E-state index contributed by atoms with van der Waals surface area (Å²) in [5.41, 5.74) is 2.91. The van der Waals surface area contributed by atoms with E-state index < -0.39 is 6.17 Å². The van der Waals surface area contributed by atoms with Gasteiger partial charge in [0.1, 0.15) is 6.17 Å². The summed E-state index contributed by atoms with van der Waals surface area (Å²) in [6, 6.07) is 6.27. The van der Waals surface area contributed by atoms with Crippen LogP contribution in [0.25, 0.3) is 10.2 Å². The zero-order valence-corrected chi connectivity index (χ0v) is 15.7. The molecule has 0 N–H and O–H groups in total. The molecule has 0 saturated carbocycles. The minimum Gasteiger partial charge on any atom is -0.246 e. The summed E-state index contributed by atoms with van der Waals surface area (Å²) in [4.78, 5) is 5.46. The zero-order valence-electron chi connectivity index (χ0n) is 13.3. The van der Waals surface area contributed by atoms with Gasteiger partial charge in [0, 0.05) is 23.9 Å². The van der Waals surface area contributed by atoms with Crippen LogP contribution in [-0.4, -0.2) is 40.6 Å². The van der Waals surface area contributed by atoms with E-state index in [0.717, 1.165) is 24.2 Å². The Morgan fingerprint density at radius 1 is 1.41 bits per heavy atom. The van der Waals surface area contributed by atoms with Gasteiger partial charge < -0.3 is 0 Å². The number of fused-ring (bicyclic) bond motifs is 1. The fourth-order valence-corrected chi connectivity index (χ4v) is 5.06. The predicted octanol–water partition coefficient (Wildman–Crippen LogP) is 5.35. The van der Waals surface area contributed by atoms with Crippen LogP contribution in [-0.2, 0) is 0 Å². The van der Waals surface area contributed by atoms with Gasteiger partial charge in [-0.15, -0.1) is 11.3 Å². The molecule has 1 aromatic carbocycles. The second-order valence-corrected chi connectivity index (χ2v) is 7.95. The van der Waals surface area contributed by atoms with Crippen molar-refractivity contribution in [3.05, 3.63) is 23.7 Å². The van der Waals surface area contributed by atoms with Crippen LogP contribution in [0.1, 0.15) is 20.3 Å². The Balaban J connectivity index is 0.000000847. The second-order valence-electron chi connectivity index (χ2n) is 4.98. The topological polar surface area (TPSA) is 16.1 Å². The summed E-state index contributed by atoms with van der Waals surface area (Å²) >= 11 is 5.07. The third kappa shape index (κ3) is 4.60. The first-order valence-corrected chi connectivity index (χ1v) is 10.7. The molecule has 2 nitrogen and oxygen atoms in total. The highest BCUT2D eigenvalue weighted by Crippen LogP contribution is 2.32. The van der Waals surface area contributed by atoms with E-state index in [0.29, 0.717) is 6.54 Å². The summed E-state index contributed by atoms with van der Waals surface area (Å²) in [6.07, 6.45) is 2.31. The van der Waals surface area contributed by atoms with E-state index in [-0.39, 0.29) is 5.92 Å². The van der Waals surface area contributed by atoms with Gasteiger partial charge in [-0.3, -0.25) is 0 Å². The number of alkyl halides is 1. The van der Waals surface area contributed by atoms with Crippen LogP contribution >= 0.6 is 35.0 Å². The van der Waals surface area contributed by atoms with Crippen LogP contribution < -0.4 is 0 Å². The quantitative estimate of drug-likeness (QED) is 0.684. The van der Waals surface area contributed by atoms with Crippen molar-refractivity contribution in [3.63, 3.8) is 0 Å². The van der Waals surface area contributed by atoms with E-state index in [1.807, 2.05) is 25.4 Å². The van der Waals surface area contributed by atoms with Gasteiger partial charge in [-0.2, -0.15) is 11.8 Å². The molecular weight excluding hydrogens is 335 g/mol. The lowest BCUT2D eigenvalue weighted by atomic mass is 9.98. The van der Waals surface area contributed by atoms with E-state index >= 15 is 0 Å². The van der Waals surface area contributed by atoms with Gasteiger partial charge in [-0.05, 0) is 48.6 Å². The molecule has 1 fully saturated rings. The Morgan fingerprint density at radius 3 is 2.95 bits per heavy atom. The van der Waals surface area contributed by atoms with Gasteiger partial charge in [0.2, 0.25) is 0 Å². The van der Waals surface area contributed by atoms with Crippen molar-refractivity contribution >= 4 is 45.3 Å². The van der Waals surface area contributed by atoms with Crippen LogP contribution in [0.3, 0.4) is 0 Å². The Morgan fingerprint density at radius 2 is 2.23 bits per heavy atom. The molecule has 1 unspecified atom stereocenters. The maximum atomic E-state index is 14.1. The lowest BCUT2D eigenvalue weighted by Crippen LogP contribution is -2.39. The monoisotopic (exact) mass is 358 g/mol. The molecule has 1 aliphatic rings. The van der Waals surface area contributed by atoms with Gasteiger partial charge in [0.25, 0.3) is 0 Å². The molecule has 22 heavy (non-hydrogen) atoms. The molecule has 0 spiro atoms. The van der Waals surface area contributed by atoms with Gasteiger partial charge in [-0.25, -0.2) is 13.7 Å². The lowest BCUT2D eigenvalue weighted by molar-refractivity contribution is 0.153. The number of halogens is 1. The molecule has 0 amide bonds. The summed E-state index contributed by atoms with van der Waals surface area (Å²) < 4.78 is 17.5. The number of aromatic nitrogens is 1. The molecule has 0 aliphatic carbocycles. The van der Waals surface area contributed by atoms with Crippen molar-refractivity contribution in [2.75, 3.05) is 25.1 Å². The highest BCUT2D eigenvalue weighted by Gasteiger charge is 2.29. The molecule has 122 valence electrons. The second kappa shape index (κ2) is 9.11. The summed E-state index contributed by atoms with van der Waals surface area (Å²) in [6.45, 7) is 5.51. The number of thiazole rings is 1. The minimum atomic E-state index is -0.698. The highest BCUT2D eigenvalue weighted by atomic mass is 32.2. The highest BCUT2D eigenvalue weighted by molar-refractivity contribution is 7.98. The molecule has 0 radical (unpaired) electrons. The number of nitrogens with zero attached hydrogens (tertiary/aromatic N) is 2. The third-order valence-corrected chi connectivity index (χ3v) is 6.16. The number of piperidine rings is 1.